The molecule has 20 heavy (non-hydrogen) atoms. The zero-order chi connectivity index (χ0) is 15.0. The lowest BCUT2D eigenvalue weighted by molar-refractivity contribution is 0.180. The molecule has 7 heteroatoms. The second-order valence-corrected chi connectivity index (χ2v) is 6.09. The van der Waals surface area contributed by atoms with Crippen LogP contribution in [0.5, 0.6) is 5.75 Å². The number of benzene rings is 1. The van der Waals surface area contributed by atoms with Crippen molar-refractivity contribution < 1.29 is 23.0 Å². The number of methoxy groups -OCH3 is 1. The van der Waals surface area contributed by atoms with E-state index in [1.165, 1.54) is 19.2 Å². The maximum absolute atomic E-state index is 12.0. The minimum absolute atomic E-state index is 0.0633. The molecule has 0 fully saturated rings. The van der Waals surface area contributed by atoms with Crippen LogP contribution in [-0.2, 0) is 14.8 Å². The average Bonchev–Trinajstić information content (AvgIpc) is 2.39. The number of hydrogen-bond donors (Lipinski definition) is 2. The van der Waals surface area contributed by atoms with E-state index in [0.29, 0.717) is 25.4 Å². The van der Waals surface area contributed by atoms with Gasteiger partial charge in [-0.3, -0.25) is 0 Å². The summed E-state index contributed by atoms with van der Waals surface area (Å²) in [6, 6.07) is 5.84. The summed E-state index contributed by atoms with van der Waals surface area (Å²) in [6.07, 6.45) is 0.538. The van der Waals surface area contributed by atoms with E-state index in [1.807, 2.05) is 0 Å². The molecular weight excluding hydrogens is 282 g/mol. The fraction of sp³-hybridized carbons (Fsp3) is 0.538. The highest BCUT2D eigenvalue weighted by Crippen LogP contribution is 2.16. The molecule has 0 aromatic heterocycles. The lowest BCUT2D eigenvalue weighted by Crippen LogP contribution is -2.35. The molecule has 1 atom stereocenters. The number of hydrogen-bond acceptors (Lipinski definition) is 5. The maximum Gasteiger partial charge on any atom is 0.240 e. The molecule has 0 aliphatic carbocycles. The van der Waals surface area contributed by atoms with E-state index < -0.39 is 10.0 Å². The first-order chi connectivity index (χ1) is 9.49. The summed E-state index contributed by atoms with van der Waals surface area (Å²) in [6.45, 7) is 2.49. The molecule has 0 bridgehead atoms. The van der Waals surface area contributed by atoms with Crippen molar-refractivity contribution in [1.82, 2.24) is 4.72 Å². The van der Waals surface area contributed by atoms with Crippen molar-refractivity contribution in [2.24, 2.45) is 0 Å². The summed E-state index contributed by atoms with van der Waals surface area (Å²) in [5.41, 5.74) is 0. The highest BCUT2D eigenvalue weighted by Gasteiger charge is 2.17. The van der Waals surface area contributed by atoms with Crippen LogP contribution in [0.4, 0.5) is 0 Å². The Labute approximate surface area is 119 Å². The quantitative estimate of drug-likeness (QED) is 0.658. The molecule has 0 radical (unpaired) electrons. The smallest absolute Gasteiger partial charge is 0.240 e. The Kier molecular flexibility index (Phi) is 6.94. The molecule has 0 aliphatic rings. The van der Waals surface area contributed by atoms with Crippen molar-refractivity contribution in [1.29, 1.82) is 0 Å². The van der Waals surface area contributed by atoms with Gasteiger partial charge >= 0.3 is 0 Å². The fourth-order valence-corrected chi connectivity index (χ4v) is 2.81. The Morgan fingerprint density at radius 2 is 1.95 bits per heavy atom. The van der Waals surface area contributed by atoms with Crippen molar-refractivity contribution in [3.8, 4) is 5.75 Å². The van der Waals surface area contributed by atoms with Crippen LogP contribution in [0.25, 0.3) is 0 Å². The maximum atomic E-state index is 12.0. The number of nitrogens with one attached hydrogen (secondary N) is 1. The topological polar surface area (TPSA) is 84.9 Å². The van der Waals surface area contributed by atoms with E-state index in [1.54, 1.807) is 19.1 Å². The van der Waals surface area contributed by atoms with Gasteiger partial charge in [-0.25, -0.2) is 13.1 Å². The summed E-state index contributed by atoms with van der Waals surface area (Å²) in [7, 11) is -2.03. The molecule has 2 N–H and O–H groups in total. The molecule has 0 saturated heterocycles. The van der Waals surface area contributed by atoms with E-state index in [9.17, 15) is 8.42 Å². The molecule has 6 nitrogen and oxygen atoms in total. The van der Waals surface area contributed by atoms with Gasteiger partial charge in [-0.05, 0) is 31.2 Å². The number of aliphatic hydroxyl groups excluding tert-OH is 1. The van der Waals surface area contributed by atoms with Gasteiger partial charge in [-0.2, -0.15) is 0 Å². The minimum atomic E-state index is -3.55. The van der Waals surface area contributed by atoms with E-state index in [0.717, 1.165) is 0 Å². The van der Waals surface area contributed by atoms with Gasteiger partial charge in [-0.1, -0.05) is 0 Å². The van der Waals surface area contributed by atoms with Gasteiger partial charge in [0.25, 0.3) is 0 Å². The number of rotatable bonds is 9. The molecular formula is C13H21NO5S. The Morgan fingerprint density at radius 1 is 1.30 bits per heavy atom. The first-order valence-corrected chi connectivity index (χ1v) is 7.83. The third kappa shape index (κ3) is 5.46. The van der Waals surface area contributed by atoms with Crippen LogP contribution in [0, 0.1) is 0 Å². The lowest BCUT2D eigenvalue weighted by Gasteiger charge is -2.13. The highest BCUT2D eigenvalue weighted by molar-refractivity contribution is 7.89. The monoisotopic (exact) mass is 303 g/mol. The molecule has 1 aromatic rings. The molecule has 0 spiro atoms. The Balaban J connectivity index is 2.66. The number of ether oxygens (including phenoxy) is 2. The predicted octanol–water partition coefficient (Wildman–Crippen LogP) is 0.761. The van der Waals surface area contributed by atoms with E-state index in [-0.39, 0.29) is 17.5 Å². The number of aliphatic hydroxyl groups is 1. The van der Waals surface area contributed by atoms with Crippen molar-refractivity contribution in [2.75, 3.05) is 26.9 Å². The molecule has 114 valence electrons. The van der Waals surface area contributed by atoms with Gasteiger partial charge in [0.15, 0.2) is 0 Å². The second-order valence-electron chi connectivity index (χ2n) is 4.37. The fourth-order valence-electron chi connectivity index (χ4n) is 1.59. The lowest BCUT2D eigenvalue weighted by atomic mass is 10.3. The summed E-state index contributed by atoms with van der Waals surface area (Å²) < 4.78 is 36.8. The first kappa shape index (κ1) is 16.9. The summed E-state index contributed by atoms with van der Waals surface area (Å²) >= 11 is 0. The predicted molar refractivity (Wildman–Crippen MR) is 75.3 cm³/mol. The zero-order valence-corrected chi connectivity index (χ0v) is 12.5. The second kappa shape index (κ2) is 8.21. The van der Waals surface area contributed by atoms with Crippen molar-refractivity contribution in [3.63, 3.8) is 0 Å². The molecule has 0 saturated carbocycles. The SMILES string of the molecule is COCC(C)NS(=O)(=O)c1ccc(OCCCO)cc1. The van der Waals surface area contributed by atoms with Crippen molar-refractivity contribution in [2.45, 2.75) is 24.3 Å². The third-order valence-electron chi connectivity index (χ3n) is 2.48. The van der Waals surface area contributed by atoms with Crippen LogP contribution in [-0.4, -0.2) is 46.5 Å². The van der Waals surface area contributed by atoms with E-state index in [2.05, 4.69) is 4.72 Å². The van der Waals surface area contributed by atoms with Crippen LogP contribution in [0.2, 0.25) is 0 Å². The molecule has 0 heterocycles. The number of sulfonamides is 1. The Morgan fingerprint density at radius 3 is 2.50 bits per heavy atom. The Bertz CT molecular complexity index is 486. The average molecular weight is 303 g/mol. The largest absolute Gasteiger partial charge is 0.494 e. The summed E-state index contributed by atoms with van der Waals surface area (Å²) in [5.74, 6) is 0.572. The van der Waals surface area contributed by atoms with Gasteiger partial charge in [0.1, 0.15) is 5.75 Å². The van der Waals surface area contributed by atoms with Crippen molar-refractivity contribution in [3.05, 3.63) is 24.3 Å². The van der Waals surface area contributed by atoms with Crippen LogP contribution in [0.3, 0.4) is 0 Å². The van der Waals surface area contributed by atoms with Gasteiger partial charge in [-0.15, -0.1) is 0 Å². The van der Waals surface area contributed by atoms with Crippen LogP contribution < -0.4 is 9.46 Å². The molecule has 0 aliphatic heterocycles. The highest BCUT2D eigenvalue weighted by atomic mass is 32.2. The van der Waals surface area contributed by atoms with Crippen molar-refractivity contribution >= 4 is 10.0 Å². The molecule has 1 rings (SSSR count). The van der Waals surface area contributed by atoms with Gasteiger partial charge in [0, 0.05) is 26.2 Å². The van der Waals surface area contributed by atoms with Gasteiger partial charge in [0.2, 0.25) is 10.0 Å². The van der Waals surface area contributed by atoms with Gasteiger partial charge in [0.05, 0.1) is 18.1 Å². The zero-order valence-electron chi connectivity index (χ0n) is 11.7. The van der Waals surface area contributed by atoms with E-state index >= 15 is 0 Å². The van der Waals surface area contributed by atoms with E-state index in [4.69, 9.17) is 14.6 Å². The van der Waals surface area contributed by atoms with Crippen LogP contribution in [0.15, 0.2) is 29.2 Å². The van der Waals surface area contributed by atoms with Crippen LogP contribution in [0.1, 0.15) is 13.3 Å². The van der Waals surface area contributed by atoms with Gasteiger partial charge < -0.3 is 14.6 Å². The normalized spacial score (nSPS) is 13.2. The summed E-state index contributed by atoms with van der Waals surface area (Å²) in [5, 5.41) is 8.64. The Hall–Kier alpha value is -1.15. The minimum Gasteiger partial charge on any atom is -0.494 e. The molecule has 1 aromatic carbocycles. The molecule has 0 amide bonds. The van der Waals surface area contributed by atoms with Crippen LogP contribution >= 0.6 is 0 Å². The molecule has 1 unspecified atom stereocenters. The first-order valence-electron chi connectivity index (χ1n) is 6.34. The third-order valence-corrected chi connectivity index (χ3v) is 4.08. The summed E-state index contributed by atoms with van der Waals surface area (Å²) in [4.78, 5) is 0.176. The standard InChI is InChI=1S/C13H21NO5S/c1-11(10-18-2)14-20(16,17)13-6-4-12(5-7-13)19-9-3-8-15/h4-7,11,14-15H,3,8-10H2,1-2H3.